The molecule has 0 fully saturated rings. The molecule has 6 rings (SSSR count). The molecule has 37 heavy (non-hydrogen) atoms. The maximum absolute atomic E-state index is 14.6. The fraction of sp³-hybridized carbons (Fsp3) is 0.143. The van der Waals surface area contributed by atoms with Gasteiger partial charge in [-0.15, -0.1) is 0 Å². The predicted molar refractivity (Wildman–Crippen MR) is 145 cm³/mol. The Balaban J connectivity index is 1.41. The molecule has 9 heteroatoms. The van der Waals surface area contributed by atoms with E-state index in [-0.39, 0.29) is 5.82 Å². The summed E-state index contributed by atoms with van der Waals surface area (Å²) in [7, 11) is 4.02. The van der Waals surface area contributed by atoms with Crippen molar-refractivity contribution in [3.8, 4) is 33.6 Å². The average molecular weight is 493 g/mol. The van der Waals surface area contributed by atoms with Crippen molar-refractivity contribution in [1.82, 2.24) is 35.0 Å². The standard InChI is InChI=1S/C28H25FN8/c1-37(2)10-9-31-21-12-18(11-20(29)14-21)22-5-8-32-27-23(22)15-25(34-27)26-24-13-19(16-33-28(24)36-35-26)17-3-6-30-7-4-17/h3-8,11-16,31H,9-10H2,1-2H3,(H,32,34)(H,33,35,36). The summed E-state index contributed by atoms with van der Waals surface area (Å²) in [5, 5.41) is 12.6. The van der Waals surface area contributed by atoms with Crippen molar-refractivity contribution >= 4 is 27.8 Å². The van der Waals surface area contributed by atoms with Crippen LogP contribution < -0.4 is 5.32 Å². The lowest BCUT2D eigenvalue weighted by Crippen LogP contribution is -2.20. The molecule has 0 atom stereocenters. The number of benzene rings is 1. The Labute approximate surface area is 212 Å². The Morgan fingerprint density at radius 2 is 1.76 bits per heavy atom. The van der Waals surface area contributed by atoms with E-state index in [4.69, 9.17) is 0 Å². The van der Waals surface area contributed by atoms with E-state index >= 15 is 0 Å². The molecule has 0 spiro atoms. The molecule has 0 aliphatic rings. The van der Waals surface area contributed by atoms with Crippen LogP contribution in [-0.2, 0) is 0 Å². The average Bonchev–Trinajstić information content (AvgIpc) is 3.52. The third kappa shape index (κ3) is 4.52. The van der Waals surface area contributed by atoms with E-state index in [9.17, 15) is 4.39 Å². The maximum atomic E-state index is 14.6. The van der Waals surface area contributed by atoms with Gasteiger partial charge in [0.1, 0.15) is 11.5 Å². The number of hydrogen-bond acceptors (Lipinski definition) is 6. The number of H-pyrrole nitrogens is 2. The number of anilines is 1. The minimum atomic E-state index is -0.292. The number of rotatable bonds is 7. The molecule has 6 aromatic rings. The van der Waals surface area contributed by atoms with E-state index in [1.165, 1.54) is 6.07 Å². The van der Waals surface area contributed by atoms with Crippen molar-refractivity contribution in [2.45, 2.75) is 0 Å². The highest BCUT2D eigenvalue weighted by molar-refractivity contribution is 6.00. The lowest BCUT2D eigenvalue weighted by atomic mass is 10.0. The molecule has 0 aliphatic carbocycles. The zero-order valence-electron chi connectivity index (χ0n) is 20.5. The van der Waals surface area contributed by atoms with Gasteiger partial charge in [-0.25, -0.2) is 14.4 Å². The summed E-state index contributed by atoms with van der Waals surface area (Å²) in [4.78, 5) is 18.6. The van der Waals surface area contributed by atoms with E-state index in [1.54, 1.807) is 30.9 Å². The van der Waals surface area contributed by atoms with E-state index in [0.29, 0.717) is 11.3 Å². The van der Waals surface area contributed by atoms with Crippen molar-refractivity contribution in [1.29, 1.82) is 0 Å². The van der Waals surface area contributed by atoms with Crippen molar-refractivity contribution in [2.75, 3.05) is 32.5 Å². The number of aromatic nitrogens is 6. The molecule has 5 heterocycles. The van der Waals surface area contributed by atoms with Crippen molar-refractivity contribution in [3.05, 3.63) is 79.1 Å². The highest BCUT2D eigenvalue weighted by atomic mass is 19.1. The van der Waals surface area contributed by atoms with Crippen LogP contribution in [0.5, 0.6) is 0 Å². The van der Waals surface area contributed by atoms with E-state index in [1.807, 2.05) is 44.4 Å². The monoisotopic (exact) mass is 492 g/mol. The second kappa shape index (κ2) is 9.44. The molecule has 0 aliphatic heterocycles. The SMILES string of the molecule is CN(C)CCNc1cc(F)cc(-c2ccnc3[nH]c(-c4[nH]nc5ncc(-c6ccncc6)cc45)cc23)c1. The molecule has 0 bridgehead atoms. The first-order chi connectivity index (χ1) is 18.0. The molecule has 1 aromatic carbocycles. The number of fused-ring (bicyclic) bond motifs is 2. The first kappa shape index (κ1) is 22.8. The number of likely N-dealkylation sites (N-methyl/N-ethyl adjacent to an activating group) is 1. The number of nitrogens with zero attached hydrogens (tertiary/aromatic N) is 5. The van der Waals surface area contributed by atoms with Gasteiger partial charge in [-0.1, -0.05) is 0 Å². The summed E-state index contributed by atoms with van der Waals surface area (Å²) in [6.45, 7) is 1.57. The van der Waals surface area contributed by atoms with Crippen LogP contribution in [0, 0.1) is 5.82 Å². The van der Waals surface area contributed by atoms with Gasteiger partial charge in [0.05, 0.1) is 11.4 Å². The van der Waals surface area contributed by atoms with Crippen molar-refractivity contribution in [3.63, 3.8) is 0 Å². The van der Waals surface area contributed by atoms with Crippen LogP contribution in [0.1, 0.15) is 0 Å². The third-order valence-electron chi connectivity index (χ3n) is 6.32. The van der Waals surface area contributed by atoms with Crippen molar-refractivity contribution < 1.29 is 4.39 Å². The number of halogens is 1. The highest BCUT2D eigenvalue weighted by Crippen LogP contribution is 2.35. The van der Waals surface area contributed by atoms with Crippen LogP contribution in [0.15, 0.2) is 73.3 Å². The van der Waals surface area contributed by atoms with Gasteiger partial charge < -0.3 is 15.2 Å². The molecular formula is C28H25FN8. The number of aromatic amines is 2. The molecule has 0 unspecified atom stereocenters. The van der Waals surface area contributed by atoms with Gasteiger partial charge in [0.15, 0.2) is 5.65 Å². The zero-order chi connectivity index (χ0) is 25.4. The molecule has 8 nitrogen and oxygen atoms in total. The third-order valence-corrected chi connectivity index (χ3v) is 6.32. The second-order valence-corrected chi connectivity index (χ2v) is 9.19. The minimum absolute atomic E-state index is 0.292. The summed E-state index contributed by atoms with van der Waals surface area (Å²) in [5.41, 5.74) is 7.38. The Morgan fingerprint density at radius 1 is 0.892 bits per heavy atom. The van der Waals surface area contributed by atoms with Crippen LogP contribution in [0.3, 0.4) is 0 Å². The highest BCUT2D eigenvalue weighted by Gasteiger charge is 2.16. The summed E-state index contributed by atoms with van der Waals surface area (Å²) < 4.78 is 14.6. The van der Waals surface area contributed by atoms with Crippen LogP contribution in [0.25, 0.3) is 55.7 Å². The Hall–Kier alpha value is -4.63. The van der Waals surface area contributed by atoms with E-state index in [0.717, 1.165) is 63.2 Å². The first-order valence-corrected chi connectivity index (χ1v) is 12.0. The lowest BCUT2D eigenvalue weighted by molar-refractivity contribution is 0.425. The summed E-state index contributed by atoms with van der Waals surface area (Å²) in [6, 6.07) is 14.9. The van der Waals surface area contributed by atoms with Crippen LogP contribution >= 0.6 is 0 Å². The van der Waals surface area contributed by atoms with E-state index in [2.05, 4.69) is 46.4 Å². The van der Waals surface area contributed by atoms with Gasteiger partial charge in [0.25, 0.3) is 0 Å². The molecule has 0 saturated heterocycles. The second-order valence-electron chi connectivity index (χ2n) is 9.19. The zero-order valence-corrected chi connectivity index (χ0v) is 20.5. The largest absolute Gasteiger partial charge is 0.384 e. The maximum Gasteiger partial charge on any atom is 0.181 e. The molecule has 0 saturated carbocycles. The Kier molecular flexibility index (Phi) is 5.82. The normalized spacial score (nSPS) is 11.6. The van der Waals surface area contributed by atoms with Crippen LogP contribution in [0.2, 0.25) is 0 Å². The summed E-state index contributed by atoms with van der Waals surface area (Å²) in [5.74, 6) is -0.292. The quantitative estimate of drug-likeness (QED) is 0.278. The van der Waals surface area contributed by atoms with Crippen LogP contribution in [0.4, 0.5) is 10.1 Å². The fourth-order valence-corrected chi connectivity index (χ4v) is 4.49. The van der Waals surface area contributed by atoms with E-state index < -0.39 is 0 Å². The Bertz CT molecular complexity index is 1700. The molecule has 184 valence electrons. The van der Waals surface area contributed by atoms with Gasteiger partial charge in [0, 0.05) is 59.9 Å². The molecule has 0 amide bonds. The van der Waals surface area contributed by atoms with Gasteiger partial charge in [-0.2, -0.15) is 5.10 Å². The number of pyridine rings is 3. The smallest absolute Gasteiger partial charge is 0.181 e. The number of hydrogen-bond donors (Lipinski definition) is 3. The van der Waals surface area contributed by atoms with Crippen LogP contribution in [-0.4, -0.2) is 62.2 Å². The van der Waals surface area contributed by atoms with Crippen molar-refractivity contribution in [2.24, 2.45) is 0 Å². The summed E-state index contributed by atoms with van der Waals surface area (Å²) >= 11 is 0. The van der Waals surface area contributed by atoms with Gasteiger partial charge in [-0.3, -0.25) is 10.1 Å². The fourth-order valence-electron chi connectivity index (χ4n) is 4.49. The van der Waals surface area contributed by atoms with Gasteiger partial charge >= 0.3 is 0 Å². The Morgan fingerprint density at radius 3 is 2.59 bits per heavy atom. The van der Waals surface area contributed by atoms with Gasteiger partial charge in [0.2, 0.25) is 0 Å². The first-order valence-electron chi connectivity index (χ1n) is 12.0. The lowest BCUT2D eigenvalue weighted by Gasteiger charge is -2.13. The minimum Gasteiger partial charge on any atom is -0.384 e. The van der Waals surface area contributed by atoms with Gasteiger partial charge in [-0.05, 0) is 79.3 Å². The summed E-state index contributed by atoms with van der Waals surface area (Å²) in [6.07, 6.45) is 7.06. The number of nitrogens with one attached hydrogen (secondary N) is 3. The molecule has 0 radical (unpaired) electrons. The molecular weight excluding hydrogens is 467 g/mol. The molecule has 3 N–H and O–H groups in total. The molecule has 5 aromatic heterocycles. The predicted octanol–water partition coefficient (Wildman–Crippen LogP) is 5.34. The topological polar surface area (TPSA) is 98.4 Å².